The van der Waals surface area contributed by atoms with Crippen molar-refractivity contribution >= 4 is 22.9 Å². The highest BCUT2D eigenvalue weighted by Gasteiger charge is 2.26. The number of hydrogen-bond donors (Lipinski definition) is 2. The van der Waals surface area contributed by atoms with Crippen LogP contribution in [0, 0.1) is 5.92 Å². The second-order valence-electron chi connectivity index (χ2n) is 7.76. The van der Waals surface area contributed by atoms with Crippen LogP contribution >= 0.6 is 0 Å². The first-order chi connectivity index (χ1) is 13.6. The van der Waals surface area contributed by atoms with E-state index in [9.17, 15) is 4.79 Å². The summed E-state index contributed by atoms with van der Waals surface area (Å²) in [6.45, 7) is 5.57. The lowest BCUT2D eigenvalue weighted by atomic mass is 9.94. The Kier molecular flexibility index (Phi) is 5.23. The van der Waals surface area contributed by atoms with Crippen LogP contribution in [0.15, 0.2) is 36.7 Å². The number of piperidine rings is 1. The van der Waals surface area contributed by atoms with Crippen LogP contribution in [0.1, 0.15) is 42.9 Å². The van der Waals surface area contributed by atoms with Crippen molar-refractivity contribution < 1.29 is 4.79 Å². The molecule has 146 valence electrons. The lowest BCUT2D eigenvalue weighted by Gasteiger charge is -2.32. The van der Waals surface area contributed by atoms with E-state index in [0.717, 1.165) is 49.2 Å². The van der Waals surface area contributed by atoms with Gasteiger partial charge in [-0.3, -0.25) is 4.79 Å². The second kappa shape index (κ2) is 7.96. The zero-order valence-corrected chi connectivity index (χ0v) is 16.4. The number of nitrogens with one attached hydrogen (secondary N) is 2. The predicted octanol–water partition coefficient (Wildman–Crippen LogP) is 3.27. The number of fused-ring (bicyclic) bond motifs is 1. The number of carbonyl (C=O) groups excluding carboxylic acids is 1. The Morgan fingerprint density at radius 3 is 2.82 bits per heavy atom. The molecule has 3 heterocycles. The van der Waals surface area contributed by atoms with E-state index < -0.39 is 0 Å². The lowest BCUT2D eigenvalue weighted by Crippen LogP contribution is -2.40. The van der Waals surface area contributed by atoms with Gasteiger partial charge in [-0.2, -0.15) is 0 Å². The van der Waals surface area contributed by atoms with Crippen LogP contribution < -0.4 is 5.32 Å². The number of aromatic nitrogens is 4. The van der Waals surface area contributed by atoms with E-state index in [-0.39, 0.29) is 11.9 Å². The maximum absolute atomic E-state index is 12.9. The number of H-pyrrole nitrogens is 1. The number of hydrogen-bond acceptors (Lipinski definition) is 5. The van der Waals surface area contributed by atoms with Crippen molar-refractivity contribution in [1.29, 1.82) is 0 Å². The molecule has 1 aliphatic heterocycles. The Balaban J connectivity index is 1.40. The molecule has 1 saturated heterocycles. The number of rotatable bonds is 5. The molecular formula is C21H26N6O. The van der Waals surface area contributed by atoms with Crippen molar-refractivity contribution in [2.24, 2.45) is 5.92 Å². The first-order valence-corrected chi connectivity index (χ1v) is 9.90. The van der Waals surface area contributed by atoms with E-state index in [4.69, 9.17) is 0 Å². The van der Waals surface area contributed by atoms with E-state index in [1.807, 2.05) is 43.0 Å². The van der Waals surface area contributed by atoms with Crippen LogP contribution in [0.5, 0.6) is 0 Å². The van der Waals surface area contributed by atoms with Crippen LogP contribution in [-0.2, 0) is 6.42 Å². The molecule has 1 atom stereocenters. The third-order valence-electron chi connectivity index (χ3n) is 5.04. The standard InChI is InChI=1S/C21H26N6O/c1-14(2)24-21-22-11-16(12-23-21)20(28)27-9-5-6-15(13-27)10-19-25-17-7-3-4-8-18(17)26-19/h3-4,7-8,11-12,14-15H,5-6,9-10,13H2,1-2H3,(H,25,26)(H,22,23,24). The summed E-state index contributed by atoms with van der Waals surface area (Å²) in [4.78, 5) is 31.4. The van der Waals surface area contributed by atoms with Gasteiger partial charge in [-0.05, 0) is 44.7 Å². The molecule has 2 N–H and O–H groups in total. The van der Waals surface area contributed by atoms with Gasteiger partial charge in [0.2, 0.25) is 5.95 Å². The molecule has 0 spiro atoms. The van der Waals surface area contributed by atoms with Gasteiger partial charge in [-0.1, -0.05) is 12.1 Å². The highest BCUT2D eigenvalue weighted by atomic mass is 16.2. The summed E-state index contributed by atoms with van der Waals surface area (Å²) in [5, 5.41) is 3.14. The first kappa shape index (κ1) is 18.4. The minimum absolute atomic E-state index is 0.00500. The maximum atomic E-state index is 12.9. The van der Waals surface area contributed by atoms with Gasteiger partial charge in [0.1, 0.15) is 5.82 Å². The average molecular weight is 378 g/mol. The molecule has 1 aliphatic rings. The third-order valence-corrected chi connectivity index (χ3v) is 5.04. The Labute approximate surface area is 164 Å². The molecule has 0 bridgehead atoms. The maximum Gasteiger partial charge on any atom is 0.257 e. The Morgan fingerprint density at radius 2 is 2.07 bits per heavy atom. The lowest BCUT2D eigenvalue weighted by molar-refractivity contribution is 0.0671. The van der Waals surface area contributed by atoms with E-state index in [1.54, 1.807) is 12.4 Å². The molecule has 7 heteroatoms. The molecule has 0 radical (unpaired) electrons. The van der Waals surface area contributed by atoms with Gasteiger partial charge >= 0.3 is 0 Å². The Bertz CT molecular complexity index is 916. The molecule has 3 aromatic rings. The summed E-state index contributed by atoms with van der Waals surface area (Å²) < 4.78 is 0. The number of aromatic amines is 1. The highest BCUT2D eigenvalue weighted by Crippen LogP contribution is 2.22. The zero-order chi connectivity index (χ0) is 19.5. The number of likely N-dealkylation sites (tertiary alicyclic amines) is 1. The van der Waals surface area contributed by atoms with E-state index in [0.29, 0.717) is 17.4 Å². The quantitative estimate of drug-likeness (QED) is 0.712. The van der Waals surface area contributed by atoms with Gasteiger partial charge < -0.3 is 15.2 Å². The summed E-state index contributed by atoms with van der Waals surface area (Å²) in [6, 6.07) is 8.32. The van der Waals surface area contributed by atoms with Crippen molar-refractivity contribution in [3.05, 3.63) is 48.0 Å². The smallest absolute Gasteiger partial charge is 0.257 e. The summed E-state index contributed by atoms with van der Waals surface area (Å²) in [5.41, 5.74) is 2.60. The van der Waals surface area contributed by atoms with Crippen molar-refractivity contribution in [1.82, 2.24) is 24.8 Å². The van der Waals surface area contributed by atoms with Crippen LogP contribution in [0.2, 0.25) is 0 Å². The van der Waals surface area contributed by atoms with Crippen LogP contribution in [0.4, 0.5) is 5.95 Å². The number of benzene rings is 1. The number of amides is 1. The number of para-hydroxylation sites is 2. The molecule has 0 saturated carbocycles. The fraction of sp³-hybridized carbons (Fsp3) is 0.429. The summed E-state index contributed by atoms with van der Waals surface area (Å²) in [6.07, 6.45) is 6.19. The molecule has 7 nitrogen and oxygen atoms in total. The van der Waals surface area contributed by atoms with Crippen molar-refractivity contribution in [2.45, 2.75) is 39.2 Å². The van der Waals surface area contributed by atoms with Gasteiger partial charge in [0.15, 0.2) is 0 Å². The van der Waals surface area contributed by atoms with Crippen molar-refractivity contribution in [2.75, 3.05) is 18.4 Å². The molecule has 4 rings (SSSR count). The van der Waals surface area contributed by atoms with E-state index in [1.165, 1.54) is 0 Å². The first-order valence-electron chi connectivity index (χ1n) is 9.90. The normalized spacial score (nSPS) is 17.2. The summed E-state index contributed by atoms with van der Waals surface area (Å²) in [5.74, 6) is 1.95. The van der Waals surface area contributed by atoms with Gasteiger partial charge in [0, 0.05) is 37.9 Å². The molecule has 1 fully saturated rings. The highest BCUT2D eigenvalue weighted by molar-refractivity contribution is 5.93. The minimum Gasteiger partial charge on any atom is -0.352 e. The van der Waals surface area contributed by atoms with E-state index in [2.05, 4.69) is 25.3 Å². The van der Waals surface area contributed by atoms with E-state index >= 15 is 0 Å². The Morgan fingerprint density at radius 1 is 1.29 bits per heavy atom. The molecule has 0 aliphatic carbocycles. The Hall–Kier alpha value is -2.96. The van der Waals surface area contributed by atoms with Gasteiger partial charge in [0.05, 0.1) is 16.6 Å². The second-order valence-corrected chi connectivity index (χ2v) is 7.76. The topological polar surface area (TPSA) is 86.8 Å². The van der Waals surface area contributed by atoms with Crippen LogP contribution in [-0.4, -0.2) is 49.9 Å². The molecule has 1 aromatic carbocycles. The van der Waals surface area contributed by atoms with Gasteiger partial charge in [-0.25, -0.2) is 15.0 Å². The number of anilines is 1. The monoisotopic (exact) mass is 378 g/mol. The number of carbonyl (C=O) groups is 1. The van der Waals surface area contributed by atoms with Gasteiger partial charge in [0.25, 0.3) is 5.91 Å². The average Bonchev–Trinajstić information content (AvgIpc) is 3.10. The molecule has 1 unspecified atom stereocenters. The summed E-state index contributed by atoms with van der Waals surface area (Å²) >= 11 is 0. The fourth-order valence-corrected chi connectivity index (χ4v) is 3.75. The SMILES string of the molecule is CC(C)Nc1ncc(C(=O)N2CCCC(Cc3nc4ccccc4[nH]3)C2)cn1. The molecule has 1 amide bonds. The third kappa shape index (κ3) is 4.13. The summed E-state index contributed by atoms with van der Waals surface area (Å²) in [7, 11) is 0. The van der Waals surface area contributed by atoms with Crippen molar-refractivity contribution in [3.8, 4) is 0 Å². The predicted molar refractivity (Wildman–Crippen MR) is 109 cm³/mol. The van der Waals surface area contributed by atoms with Crippen LogP contribution in [0.3, 0.4) is 0 Å². The largest absolute Gasteiger partial charge is 0.352 e. The number of nitrogens with zero attached hydrogens (tertiary/aromatic N) is 4. The van der Waals surface area contributed by atoms with Gasteiger partial charge in [-0.15, -0.1) is 0 Å². The van der Waals surface area contributed by atoms with Crippen molar-refractivity contribution in [3.63, 3.8) is 0 Å². The zero-order valence-electron chi connectivity index (χ0n) is 16.4. The van der Waals surface area contributed by atoms with Crippen LogP contribution in [0.25, 0.3) is 11.0 Å². The minimum atomic E-state index is 0.00500. The molecule has 2 aromatic heterocycles. The fourth-order valence-electron chi connectivity index (χ4n) is 3.75. The molecular weight excluding hydrogens is 352 g/mol. The molecule has 28 heavy (non-hydrogen) atoms. The number of imidazole rings is 1.